The Bertz CT molecular complexity index is 952. The van der Waals surface area contributed by atoms with E-state index < -0.39 is 81.0 Å². The molecule has 2 aromatic rings. The van der Waals surface area contributed by atoms with E-state index in [0.717, 1.165) is 0 Å². The van der Waals surface area contributed by atoms with Crippen molar-refractivity contribution in [1.29, 1.82) is 0 Å². The van der Waals surface area contributed by atoms with E-state index in [2.05, 4.69) is 0 Å². The minimum absolute atomic E-state index is 0. The molecule has 0 nitrogen and oxygen atoms in total. The second-order valence-corrected chi connectivity index (χ2v) is 5.76. The molecule has 0 unspecified atom stereocenters. The monoisotopic (exact) mass is 718 g/mol. The summed E-state index contributed by atoms with van der Waals surface area (Å²) in [5.41, 5.74) is -15.6. The normalized spacial score (nSPS) is 12.7. The molecule has 0 atom stereocenters. The van der Waals surface area contributed by atoms with Gasteiger partial charge in [-0.3, -0.25) is 8.78 Å². The van der Waals surface area contributed by atoms with Gasteiger partial charge in [0.05, 0.1) is 17.2 Å². The van der Waals surface area contributed by atoms with Gasteiger partial charge in [0.25, 0.3) is 0 Å². The topological polar surface area (TPSA) is 0 Å². The zero-order valence-electron chi connectivity index (χ0n) is 14.1. The Labute approximate surface area is 156 Å². The van der Waals surface area contributed by atoms with E-state index in [1.807, 2.05) is 0 Å². The first-order chi connectivity index (χ1) is 13.4. The van der Waals surface area contributed by atoms with Crippen LogP contribution in [0.3, 0.4) is 0 Å². The number of halogens is 14. The van der Waals surface area contributed by atoms with Gasteiger partial charge in [0.15, 0.2) is 23.3 Å². The summed E-state index contributed by atoms with van der Waals surface area (Å²) in [6.07, 6.45) is -14.5. The van der Waals surface area contributed by atoms with E-state index >= 15 is 0 Å². The first-order valence-electron chi connectivity index (χ1n) is 7.15. The van der Waals surface area contributed by atoms with Gasteiger partial charge in [-0.05, 0) is 6.92 Å². The molecular formula is C16H3F14Fm-. The molecule has 0 heterocycles. The predicted octanol–water partition coefficient (Wildman–Crippen LogP) is 6.32. The number of benzene rings is 2. The molecule has 0 saturated carbocycles. The van der Waals surface area contributed by atoms with E-state index in [9.17, 15) is 61.5 Å². The minimum atomic E-state index is -7.23. The summed E-state index contributed by atoms with van der Waals surface area (Å²) in [7, 11) is 0. The molecule has 15 heteroatoms. The Balaban J connectivity index is 0.00000480. The van der Waals surface area contributed by atoms with Crippen LogP contribution in [-0.4, -0.2) is 12.4 Å². The van der Waals surface area contributed by atoms with Gasteiger partial charge in [0.2, 0.25) is 5.41 Å². The van der Waals surface area contributed by atoms with Gasteiger partial charge in [-0.25, -0.2) is 26.3 Å². The average Bonchev–Trinajstić information content (AvgIpc) is 2.59. The number of alkyl halides is 6. The van der Waals surface area contributed by atoms with Crippen LogP contribution in [0.25, 0.3) is 0 Å². The Morgan fingerprint density at radius 3 is 1.10 bits per heavy atom. The predicted molar refractivity (Wildman–Crippen MR) is 69.0 cm³/mol. The second kappa shape index (κ2) is 7.30. The Morgan fingerprint density at radius 1 is 0.516 bits per heavy atom. The van der Waals surface area contributed by atoms with Crippen molar-refractivity contribution in [2.75, 3.05) is 0 Å². The van der Waals surface area contributed by atoms with E-state index in [-0.39, 0.29) is 6.92 Å². The summed E-state index contributed by atoms with van der Waals surface area (Å²) in [4.78, 5) is 0. The molecule has 0 aliphatic carbocycles. The van der Waals surface area contributed by atoms with E-state index in [0.29, 0.717) is 6.07 Å². The van der Waals surface area contributed by atoms with Gasteiger partial charge in [-0.2, -0.15) is 26.3 Å². The van der Waals surface area contributed by atoms with Gasteiger partial charge >= 0.3 is 12.4 Å². The van der Waals surface area contributed by atoms with Crippen molar-refractivity contribution in [3.8, 4) is 0 Å². The first-order valence-corrected chi connectivity index (χ1v) is 7.15. The molecule has 0 spiro atoms. The average molecular weight is 718 g/mol. The largest absolute Gasteiger partial charge is 0.409 e. The maximum Gasteiger partial charge on any atom is 0.409 e. The molecule has 31 heavy (non-hydrogen) atoms. The van der Waals surface area contributed by atoms with Gasteiger partial charge in [-0.1, -0.05) is 5.56 Å². The van der Waals surface area contributed by atoms with Crippen LogP contribution in [0.5, 0.6) is 0 Å². The quantitative estimate of drug-likeness (QED) is 0.194. The summed E-state index contributed by atoms with van der Waals surface area (Å²) in [6.45, 7) is 0.224. The van der Waals surface area contributed by atoms with Crippen LogP contribution in [0.1, 0.15) is 16.7 Å². The summed E-state index contributed by atoms with van der Waals surface area (Å²) in [5.74, 6) is -24.9. The van der Waals surface area contributed by atoms with Gasteiger partial charge < -0.3 is 0 Å². The molecule has 0 fully saturated rings. The Kier molecular flexibility index (Phi) is 6.01. The molecule has 0 radical (unpaired) electrons. The van der Waals surface area contributed by atoms with E-state index in [1.165, 1.54) is 0 Å². The van der Waals surface area contributed by atoms with Crippen molar-refractivity contribution in [3.63, 3.8) is 0 Å². The van der Waals surface area contributed by atoms with E-state index in [1.54, 1.807) is 0 Å². The smallest absolute Gasteiger partial charge is 0.281 e. The van der Waals surface area contributed by atoms with Crippen molar-refractivity contribution in [1.82, 2.24) is 0 Å². The first kappa shape index (κ1) is 25.5. The van der Waals surface area contributed by atoms with Crippen LogP contribution in [0.2, 0.25) is 0 Å². The second-order valence-electron chi connectivity index (χ2n) is 5.76. The van der Waals surface area contributed by atoms with E-state index in [4.69, 9.17) is 0 Å². The van der Waals surface area contributed by atoms with Crippen LogP contribution in [0, 0.1) is 59.5 Å². The van der Waals surface area contributed by atoms with Crippen LogP contribution in [0.4, 0.5) is 61.5 Å². The fraction of sp³-hybridized carbons (Fsp3) is 0.250. The molecular weight excluding hydrogens is 715 g/mol. The van der Waals surface area contributed by atoms with Crippen LogP contribution in [-0.2, 0) is 5.41 Å². The molecule has 2 rings (SSSR count). The maximum absolute atomic E-state index is 14.2. The third-order valence-corrected chi connectivity index (χ3v) is 4.13. The third kappa shape index (κ3) is 3.19. The van der Waals surface area contributed by atoms with Crippen LogP contribution in [0.15, 0.2) is 0 Å². The standard InChI is InChI=1S/C16H3F14.Fm/c1-3-8(19)12(23)7(13(24)9(3)20)14(15(25,26)27,16(28,29)30)6-10(21)4(17)2-5(18)11(6)22;/h1H3;/q-1;. The molecule has 0 amide bonds. The molecule has 0 aliphatic heterocycles. The third-order valence-electron chi connectivity index (χ3n) is 4.13. The van der Waals surface area contributed by atoms with Crippen molar-refractivity contribution in [2.24, 2.45) is 0 Å². The SMILES string of the molecule is Cc1c(F)c(F)c(C(c2c(F)c(F)[c-]c(F)c2F)(C(F)(F)F)C(F)(F)F)c(F)c1F.[Fm]. The number of rotatable bonds is 2. The summed E-state index contributed by atoms with van der Waals surface area (Å²) in [5, 5.41) is 0. The van der Waals surface area contributed by atoms with Crippen molar-refractivity contribution in [3.05, 3.63) is 69.3 Å². The zero-order chi connectivity index (χ0) is 23.6. The fourth-order valence-corrected chi connectivity index (χ4v) is 2.77. The summed E-state index contributed by atoms with van der Waals surface area (Å²) in [6, 6.07) is 0.481. The molecule has 0 bridgehead atoms. The Hall–Kier alpha value is -3.54. The van der Waals surface area contributed by atoms with Crippen LogP contribution < -0.4 is 0 Å². The van der Waals surface area contributed by atoms with Crippen molar-refractivity contribution >= 4 is 0 Å². The minimum Gasteiger partial charge on any atom is -0.281 e. The van der Waals surface area contributed by atoms with Gasteiger partial charge in [-0.15, -0.1) is 6.07 Å². The molecule has 0 aliphatic rings. The number of hydrogen-bond donors (Lipinski definition) is 0. The molecule has 2 aromatic carbocycles. The summed E-state index contributed by atoms with van der Waals surface area (Å²) >= 11 is 0. The van der Waals surface area contributed by atoms with Gasteiger partial charge in [0.1, 0.15) is 0 Å². The maximum atomic E-state index is 14.2. The Morgan fingerprint density at radius 2 is 0.806 bits per heavy atom. The molecule has 178 valence electrons. The number of hydrogen-bond acceptors (Lipinski definition) is 0. The zero-order valence-corrected chi connectivity index (χ0v) is 16.5. The van der Waals surface area contributed by atoms with Crippen molar-refractivity contribution < 1.29 is 61.5 Å². The van der Waals surface area contributed by atoms with Gasteiger partial charge in [0, 0.05) is 17.2 Å². The molecule has 0 N–H and O–H groups in total. The van der Waals surface area contributed by atoms with Crippen LogP contribution >= 0.6 is 0 Å². The van der Waals surface area contributed by atoms with Crippen molar-refractivity contribution in [2.45, 2.75) is 24.7 Å². The summed E-state index contributed by atoms with van der Waals surface area (Å²) < 4.78 is 193. The molecule has 0 aromatic heterocycles. The molecule has 0 saturated heterocycles. The fourth-order valence-electron chi connectivity index (χ4n) is 2.77.